The molecule has 0 bridgehead atoms. The second-order valence-electron chi connectivity index (χ2n) is 5.21. The number of aromatic nitrogens is 2. The van der Waals surface area contributed by atoms with Crippen LogP contribution in [0.5, 0.6) is 5.75 Å². The molecule has 1 aromatic heterocycles. The van der Waals surface area contributed by atoms with Gasteiger partial charge >= 0.3 is 6.36 Å². The first-order valence-corrected chi connectivity index (χ1v) is 8.47. The molecule has 0 fully saturated rings. The van der Waals surface area contributed by atoms with Crippen molar-refractivity contribution >= 4 is 10.0 Å². The van der Waals surface area contributed by atoms with Gasteiger partial charge in [0, 0.05) is 31.5 Å². The van der Waals surface area contributed by atoms with Crippen molar-refractivity contribution in [1.29, 1.82) is 0 Å². The van der Waals surface area contributed by atoms with Crippen LogP contribution in [-0.2, 0) is 16.6 Å². The molecule has 0 radical (unpaired) electrons. The summed E-state index contributed by atoms with van der Waals surface area (Å²) in [5.41, 5.74) is 0. The Balaban J connectivity index is 2.00. The van der Waals surface area contributed by atoms with Gasteiger partial charge in [-0.3, -0.25) is 4.68 Å². The number of alkyl halides is 3. The van der Waals surface area contributed by atoms with Gasteiger partial charge in [0.15, 0.2) is 0 Å². The Hall–Kier alpha value is -2.07. The van der Waals surface area contributed by atoms with E-state index in [1.54, 1.807) is 23.1 Å². The van der Waals surface area contributed by atoms with Crippen LogP contribution in [0, 0.1) is 5.92 Å². The van der Waals surface area contributed by atoms with E-state index in [9.17, 15) is 21.6 Å². The normalized spacial score (nSPS) is 13.7. The summed E-state index contributed by atoms with van der Waals surface area (Å²) in [6.45, 7) is 2.45. The molecular weight excluding hydrogens is 347 g/mol. The third-order valence-corrected chi connectivity index (χ3v) is 4.45. The number of ether oxygens (including phenoxy) is 1. The van der Waals surface area contributed by atoms with Gasteiger partial charge in [-0.15, -0.1) is 13.2 Å². The highest BCUT2D eigenvalue weighted by molar-refractivity contribution is 7.89. The fraction of sp³-hybridized carbons (Fsp3) is 0.357. The summed E-state index contributed by atoms with van der Waals surface area (Å²) < 4.78 is 68.8. The average molecular weight is 363 g/mol. The third-order valence-electron chi connectivity index (χ3n) is 3.03. The molecule has 1 heterocycles. The zero-order valence-corrected chi connectivity index (χ0v) is 13.5. The maximum Gasteiger partial charge on any atom is 0.573 e. The standard InChI is InChI=1S/C14H16F3N3O3S/c1-11(10-20-7-3-6-18-20)9-19-24(21,22)13-5-2-4-12(8-13)23-14(15,16)17/h2-8,11,19H,9-10H2,1H3. The van der Waals surface area contributed by atoms with Gasteiger partial charge in [-0.25, -0.2) is 13.1 Å². The van der Waals surface area contributed by atoms with Crippen molar-refractivity contribution in [2.24, 2.45) is 5.92 Å². The van der Waals surface area contributed by atoms with Gasteiger partial charge in [0.25, 0.3) is 0 Å². The minimum absolute atomic E-state index is 0.0608. The predicted molar refractivity (Wildman–Crippen MR) is 79.7 cm³/mol. The van der Waals surface area contributed by atoms with Crippen molar-refractivity contribution in [3.8, 4) is 5.75 Å². The lowest BCUT2D eigenvalue weighted by Gasteiger charge is -2.14. The van der Waals surface area contributed by atoms with Gasteiger partial charge in [0.2, 0.25) is 10.0 Å². The molecule has 1 aromatic carbocycles. The SMILES string of the molecule is CC(CNS(=O)(=O)c1cccc(OC(F)(F)F)c1)Cn1cccn1. The first-order valence-electron chi connectivity index (χ1n) is 6.98. The molecule has 0 saturated carbocycles. The molecular formula is C14H16F3N3O3S. The molecule has 24 heavy (non-hydrogen) atoms. The highest BCUT2D eigenvalue weighted by atomic mass is 32.2. The van der Waals surface area contributed by atoms with Gasteiger partial charge in [0.1, 0.15) is 5.75 Å². The Morgan fingerprint density at radius 3 is 2.71 bits per heavy atom. The van der Waals surface area contributed by atoms with E-state index in [1.165, 1.54) is 12.1 Å². The summed E-state index contributed by atoms with van der Waals surface area (Å²) in [6, 6.07) is 6.00. The topological polar surface area (TPSA) is 73.2 Å². The van der Waals surface area contributed by atoms with E-state index in [-0.39, 0.29) is 17.4 Å². The lowest BCUT2D eigenvalue weighted by atomic mass is 10.2. The zero-order valence-electron chi connectivity index (χ0n) is 12.7. The summed E-state index contributed by atoms with van der Waals surface area (Å²) in [5, 5.41) is 4.02. The molecule has 2 aromatic rings. The highest BCUT2D eigenvalue weighted by Crippen LogP contribution is 2.24. The van der Waals surface area contributed by atoms with Crippen molar-refractivity contribution in [3.05, 3.63) is 42.7 Å². The Bertz CT molecular complexity index is 761. The molecule has 1 unspecified atom stereocenters. The Morgan fingerprint density at radius 2 is 2.08 bits per heavy atom. The van der Waals surface area contributed by atoms with E-state index in [2.05, 4.69) is 14.6 Å². The third kappa shape index (κ3) is 5.53. The minimum atomic E-state index is -4.88. The molecule has 1 N–H and O–H groups in total. The van der Waals surface area contributed by atoms with Crippen molar-refractivity contribution in [2.45, 2.75) is 24.7 Å². The number of hydrogen-bond acceptors (Lipinski definition) is 4. The van der Waals surface area contributed by atoms with E-state index in [0.717, 1.165) is 12.1 Å². The predicted octanol–water partition coefficient (Wildman–Crippen LogP) is 2.40. The maximum absolute atomic E-state index is 12.2. The van der Waals surface area contributed by atoms with Crippen molar-refractivity contribution in [2.75, 3.05) is 6.54 Å². The van der Waals surface area contributed by atoms with Crippen molar-refractivity contribution in [1.82, 2.24) is 14.5 Å². The number of nitrogens with one attached hydrogen (secondary N) is 1. The number of nitrogens with zero attached hydrogens (tertiary/aromatic N) is 2. The van der Waals surface area contributed by atoms with Gasteiger partial charge in [-0.2, -0.15) is 5.10 Å². The summed E-state index contributed by atoms with van der Waals surface area (Å²) in [6.07, 6.45) is -1.51. The molecule has 6 nitrogen and oxygen atoms in total. The number of rotatable bonds is 7. The fourth-order valence-corrected chi connectivity index (χ4v) is 3.17. The van der Waals surface area contributed by atoms with Crippen LogP contribution in [0.4, 0.5) is 13.2 Å². The van der Waals surface area contributed by atoms with Crippen LogP contribution in [0.25, 0.3) is 0 Å². The molecule has 0 aliphatic heterocycles. The Kier molecular flexibility index (Phi) is 5.50. The van der Waals surface area contributed by atoms with Crippen molar-refractivity contribution in [3.63, 3.8) is 0 Å². The number of benzene rings is 1. The van der Waals surface area contributed by atoms with Crippen LogP contribution in [0.3, 0.4) is 0 Å². The summed E-state index contributed by atoms with van der Waals surface area (Å²) >= 11 is 0. The summed E-state index contributed by atoms with van der Waals surface area (Å²) in [7, 11) is -3.94. The zero-order chi connectivity index (χ0) is 17.8. The molecule has 132 valence electrons. The average Bonchev–Trinajstić information content (AvgIpc) is 2.97. The number of halogens is 3. The molecule has 2 rings (SSSR count). The largest absolute Gasteiger partial charge is 0.573 e. The number of sulfonamides is 1. The van der Waals surface area contributed by atoms with Crippen LogP contribution in [-0.4, -0.2) is 31.1 Å². The van der Waals surface area contributed by atoms with Gasteiger partial charge < -0.3 is 4.74 Å². The lowest BCUT2D eigenvalue weighted by Crippen LogP contribution is -2.30. The van der Waals surface area contributed by atoms with Crippen molar-refractivity contribution < 1.29 is 26.3 Å². The van der Waals surface area contributed by atoms with E-state index in [0.29, 0.717) is 6.54 Å². The summed E-state index contributed by atoms with van der Waals surface area (Å²) in [5.74, 6) is -0.649. The van der Waals surface area contributed by atoms with Gasteiger partial charge in [0.05, 0.1) is 4.90 Å². The smallest absolute Gasteiger partial charge is 0.406 e. The lowest BCUT2D eigenvalue weighted by molar-refractivity contribution is -0.274. The van der Waals surface area contributed by atoms with Gasteiger partial charge in [-0.1, -0.05) is 13.0 Å². The van der Waals surface area contributed by atoms with E-state index in [4.69, 9.17) is 0 Å². The van der Waals surface area contributed by atoms with Crippen LogP contribution < -0.4 is 9.46 Å². The quantitative estimate of drug-likeness (QED) is 0.820. The first-order chi connectivity index (χ1) is 11.2. The Morgan fingerprint density at radius 1 is 1.33 bits per heavy atom. The highest BCUT2D eigenvalue weighted by Gasteiger charge is 2.31. The molecule has 0 amide bonds. The van der Waals surface area contributed by atoms with E-state index in [1.807, 2.05) is 6.92 Å². The second kappa shape index (κ2) is 7.22. The minimum Gasteiger partial charge on any atom is -0.406 e. The molecule has 0 aliphatic rings. The van der Waals surface area contributed by atoms with E-state index >= 15 is 0 Å². The van der Waals surface area contributed by atoms with Crippen LogP contribution in [0.1, 0.15) is 6.92 Å². The monoisotopic (exact) mass is 363 g/mol. The second-order valence-corrected chi connectivity index (χ2v) is 6.97. The maximum atomic E-state index is 12.2. The molecule has 1 atom stereocenters. The van der Waals surface area contributed by atoms with Crippen LogP contribution >= 0.6 is 0 Å². The molecule has 0 spiro atoms. The molecule has 10 heteroatoms. The fourth-order valence-electron chi connectivity index (χ4n) is 1.97. The molecule has 0 saturated heterocycles. The number of hydrogen-bond donors (Lipinski definition) is 1. The Labute approximate surface area is 137 Å². The van der Waals surface area contributed by atoms with Crippen LogP contribution in [0.15, 0.2) is 47.6 Å². The van der Waals surface area contributed by atoms with Crippen LogP contribution in [0.2, 0.25) is 0 Å². The summed E-state index contributed by atoms with van der Waals surface area (Å²) in [4.78, 5) is -0.296. The molecule has 0 aliphatic carbocycles. The van der Waals surface area contributed by atoms with E-state index < -0.39 is 22.1 Å². The van der Waals surface area contributed by atoms with Gasteiger partial charge in [-0.05, 0) is 24.1 Å². The first kappa shape index (κ1) is 18.3.